The quantitative estimate of drug-likeness (QED) is 0.0639. The lowest BCUT2D eigenvalue weighted by Crippen LogP contribution is -2.47. The number of pyridine rings is 1. The van der Waals surface area contributed by atoms with Gasteiger partial charge in [-0.05, 0) is 78.4 Å². The van der Waals surface area contributed by atoms with E-state index in [1.54, 1.807) is 18.3 Å². The molecule has 2 atom stereocenters. The molecule has 3 aliphatic heterocycles. The predicted molar refractivity (Wildman–Crippen MR) is 254 cm³/mol. The van der Waals surface area contributed by atoms with Crippen LogP contribution in [-0.2, 0) is 30.7 Å². The first kappa shape index (κ1) is 45.3. The van der Waals surface area contributed by atoms with Gasteiger partial charge in [0, 0.05) is 86.5 Å². The molecule has 5 heterocycles. The van der Waals surface area contributed by atoms with Crippen LogP contribution in [0.25, 0.3) is 11.0 Å². The zero-order chi connectivity index (χ0) is 46.2. The van der Waals surface area contributed by atoms with Crippen LogP contribution in [0.1, 0.15) is 60.6 Å². The third kappa shape index (κ3) is 9.95. The van der Waals surface area contributed by atoms with Gasteiger partial charge in [-0.15, -0.1) is 0 Å². The molecule has 0 spiro atoms. The molecule has 2 saturated heterocycles. The van der Waals surface area contributed by atoms with E-state index in [9.17, 15) is 28.1 Å². The first-order chi connectivity index (χ1) is 31.7. The van der Waals surface area contributed by atoms with Crippen LogP contribution >= 0.6 is 11.6 Å². The van der Waals surface area contributed by atoms with E-state index in [2.05, 4.69) is 56.9 Å². The molecule has 18 heteroatoms. The van der Waals surface area contributed by atoms with E-state index >= 15 is 0 Å². The fourth-order valence-electron chi connectivity index (χ4n) is 9.43. The molecule has 346 valence electrons. The summed E-state index contributed by atoms with van der Waals surface area (Å²) < 4.78 is 41.4. The number of anilines is 4. The van der Waals surface area contributed by atoms with Gasteiger partial charge in [-0.25, -0.2) is 18.1 Å². The number of nitro benzene ring substituents is 1. The van der Waals surface area contributed by atoms with Gasteiger partial charge in [0.2, 0.25) is 0 Å². The minimum atomic E-state index is -4.65. The summed E-state index contributed by atoms with van der Waals surface area (Å²) in [5.74, 6) is -0.668. The molecule has 16 nitrogen and oxygen atoms in total. The predicted octanol–water partition coefficient (Wildman–Crippen LogP) is 7.38. The number of aromatic nitrogens is 2. The number of aromatic amines is 1. The molecule has 3 aromatic carbocycles. The highest BCUT2D eigenvalue weighted by Crippen LogP contribution is 2.44. The van der Waals surface area contributed by atoms with Crippen molar-refractivity contribution >= 4 is 72.8 Å². The summed E-state index contributed by atoms with van der Waals surface area (Å²) >= 11 is 6.26. The molecule has 0 bridgehead atoms. The normalized spacial score (nSPS) is 20.3. The zero-order valence-electron chi connectivity index (χ0n) is 36.9. The van der Waals surface area contributed by atoms with Gasteiger partial charge in [0.15, 0.2) is 0 Å². The molecule has 9 rings (SSSR count). The van der Waals surface area contributed by atoms with Crippen molar-refractivity contribution in [2.75, 3.05) is 80.8 Å². The molecule has 4 aliphatic rings. The topological polar surface area (TPSA) is 192 Å². The van der Waals surface area contributed by atoms with Gasteiger partial charge < -0.3 is 29.6 Å². The molecular weight excluding hydrogens is 884 g/mol. The molecule has 2 fully saturated rings. The summed E-state index contributed by atoms with van der Waals surface area (Å²) in [6.07, 6.45) is 6.15. The number of amides is 1. The first-order valence-electron chi connectivity index (χ1n) is 22.3. The number of halogens is 1. The Balaban J connectivity index is 0.993. The number of nitrogens with one attached hydrogen (secondary N) is 3. The van der Waals surface area contributed by atoms with Crippen LogP contribution in [-0.4, -0.2) is 112 Å². The minimum Gasteiger partial charge on any atom is -0.377 e. The number of fused-ring (bicyclic) bond motifs is 2. The fraction of sp³-hybridized carbons (Fsp3) is 0.396. The highest BCUT2D eigenvalue weighted by Gasteiger charge is 2.34. The Morgan fingerprint density at radius 1 is 1.00 bits per heavy atom. The van der Waals surface area contributed by atoms with Gasteiger partial charge in [-0.2, -0.15) is 0 Å². The van der Waals surface area contributed by atoms with E-state index < -0.39 is 31.4 Å². The number of Topliss-reactive ketones (excluding diaryl/α,β-unsaturated/α-hetero) is 1. The van der Waals surface area contributed by atoms with Crippen LogP contribution in [0.3, 0.4) is 0 Å². The molecule has 0 radical (unpaired) electrons. The number of benzene rings is 3. The van der Waals surface area contributed by atoms with Crippen LogP contribution in [0.5, 0.6) is 0 Å². The zero-order valence-corrected chi connectivity index (χ0v) is 38.5. The number of nitrogens with zero attached hydrogens (tertiary/aromatic N) is 5. The lowest BCUT2D eigenvalue weighted by atomic mass is 9.70. The summed E-state index contributed by atoms with van der Waals surface area (Å²) in [6, 6.07) is 20.8. The van der Waals surface area contributed by atoms with Crippen LogP contribution in [0.15, 0.2) is 95.5 Å². The SMILES string of the molecule is CC1(C)CC=C(CN2CCN(c3ccc(N4CCC(=O)Cc5nc6[nH]ccc6cc54)c(C(=O)NS(=O)(=O)c4ccc(NC[C@H]5COCCO5)c([N+](=O)[O-])c4)c3)CC2)C(c2ccc(Cl)cc2)C1. The number of allylic oxidation sites excluding steroid dienone is 1. The molecule has 1 aliphatic carbocycles. The van der Waals surface area contributed by atoms with Crippen LogP contribution < -0.4 is 19.8 Å². The maximum absolute atomic E-state index is 14.6. The lowest BCUT2D eigenvalue weighted by molar-refractivity contribution is -0.384. The smallest absolute Gasteiger partial charge is 0.293 e. The van der Waals surface area contributed by atoms with Crippen LogP contribution in [0.4, 0.5) is 28.4 Å². The largest absolute Gasteiger partial charge is 0.377 e. The lowest BCUT2D eigenvalue weighted by Gasteiger charge is -2.40. The maximum Gasteiger partial charge on any atom is 0.293 e. The molecule has 3 N–H and O–H groups in total. The third-order valence-electron chi connectivity index (χ3n) is 13.0. The number of nitro groups is 1. The highest BCUT2D eigenvalue weighted by molar-refractivity contribution is 7.90. The van der Waals surface area contributed by atoms with Gasteiger partial charge in [-0.1, -0.05) is 49.2 Å². The summed E-state index contributed by atoms with van der Waals surface area (Å²) in [4.78, 5) is 53.2. The van der Waals surface area contributed by atoms with E-state index in [4.69, 9.17) is 26.1 Å². The van der Waals surface area contributed by atoms with Crippen LogP contribution in [0, 0.1) is 15.5 Å². The van der Waals surface area contributed by atoms with E-state index in [-0.39, 0.29) is 60.4 Å². The van der Waals surface area contributed by atoms with Gasteiger partial charge >= 0.3 is 0 Å². The van der Waals surface area contributed by atoms with Gasteiger partial charge in [0.25, 0.3) is 21.6 Å². The Kier molecular flexibility index (Phi) is 12.9. The van der Waals surface area contributed by atoms with Gasteiger partial charge in [-0.3, -0.25) is 24.6 Å². The second-order valence-electron chi connectivity index (χ2n) is 18.2. The average Bonchev–Trinajstić information content (AvgIpc) is 3.70. The number of sulfonamides is 1. The fourth-order valence-corrected chi connectivity index (χ4v) is 10.5. The van der Waals surface area contributed by atoms with Crippen molar-refractivity contribution in [3.05, 3.63) is 123 Å². The second-order valence-corrected chi connectivity index (χ2v) is 20.3. The molecule has 0 saturated carbocycles. The number of hydrogen-bond donors (Lipinski definition) is 3. The van der Waals surface area contributed by atoms with Crippen molar-refractivity contribution in [1.82, 2.24) is 19.6 Å². The molecule has 66 heavy (non-hydrogen) atoms. The molecule has 5 aromatic rings. The number of H-pyrrole nitrogens is 1. The Morgan fingerprint density at radius 2 is 1.80 bits per heavy atom. The maximum atomic E-state index is 14.6. The van der Waals surface area contributed by atoms with Crippen molar-refractivity contribution in [2.24, 2.45) is 5.41 Å². The van der Waals surface area contributed by atoms with E-state index in [1.807, 2.05) is 35.2 Å². The number of carbonyl (C=O) groups is 2. The summed E-state index contributed by atoms with van der Waals surface area (Å²) in [6.45, 7) is 9.88. The summed E-state index contributed by atoms with van der Waals surface area (Å²) in [5.41, 5.74) is 5.40. The number of ketones is 1. The minimum absolute atomic E-state index is 0.0217. The second kappa shape index (κ2) is 18.8. The van der Waals surface area contributed by atoms with Crippen molar-refractivity contribution in [1.29, 1.82) is 0 Å². The molecular formula is C48H53ClN8O8S. The van der Waals surface area contributed by atoms with Gasteiger partial charge in [0.1, 0.15) is 17.1 Å². The van der Waals surface area contributed by atoms with Crippen molar-refractivity contribution in [3.8, 4) is 0 Å². The molecule has 2 aromatic heterocycles. The first-order valence-corrected chi connectivity index (χ1v) is 24.2. The standard InChI is InChI=1S/C48H53ClN8O8S/c1-48(2)14-11-33(40(27-48)31-3-5-34(49)6-4-31)29-54-17-19-55(20-18-54)35-7-10-43(56-16-13-36(58)25-42-44(56)23-32-12-15-50-46(32)52-42)39(24-35)47(59)53-66(62,63)38-8-9-41(45(26-38)57(60)61)51-28-37-30-64-21-22-65-37/h3-12,15,23-24,26,37,40,51H,13-14,16-22,25,27-30H2,1-2H3,(H,50,52)(H,53,59)/t37-,40?/m0/s1. The Hall–Kier alpha value is -5.85. The Morgan fingerprint density at radius 3 is 2.56 bits per heavy atom. The Labute approximate surface area is 388 Å². The van der Waals surface area contributed by atoms with E-state index in [0.29, 0.717) is 55.6 Å². The van der Waals surface area contributed by atoms with E-state index in [1.165, 1.54) is 23.3 Å². The van der Waals surface area contributed by atoms with Crippen molar-refractivity contribution in [2.45, 2.75) is 56.4 Å². The van der Waals surface area contributed by atoms with Crippen molar-refractivity contribution < 1.29 is 32.4 Å². The average molecular weight is 938 g/mol. The Bertz CT molecular complexity index is 2800. The third-order valence-corrected chi connectivity index (χ3v) is 14.6. The van der Waals surface area contributed by atoms with Gasteiger partial charge in [0.05, 0.1) is 64.8 Å². The molecule has 1 unspecified atom stereocenters. The highest BCUT2D eigenvalue weighted by atomic mass is 35.5. The summed E-state index contributed by atoms with van der Waals surface area (Å²) in [7, 11) is -4.65. The number of hydrogen-bond acceptors (Lipinski definition) is 13. The summed E-state index contributed by atoms with van der Waals surface area (Å²) in [5, 5.41) is 16.7. The number of ether oxygens (including phenoxy) is 2. The number of carbonyl (C=O) groups excluding carboxylic acids is 2. The number of piperazine rings is 1. The number of rotatable bonds is 12. The molecule has 1 amide bonds. The van der Waals surface area contributed by atoms with Crippen molar-refractivity contribution in [3.63, 3.8) is 0 Å². The monoisotopic (exact) mass is 936 g/mol. The van der Waals surface area contributed by atoms with E-state index in [0.717, 1.165) is 54.6 Å². The van der Waals surface area contributed by atoms with Crippen LogP contribution in [0.2, 0.25) is 5.02 Å².